The molecule has 3 unspecified atom stereocenters. The van der Waals surface area contributed by atoms with Crippen molar-refractivity contribution in [1.29, 1.82) is 0 Å². The van der Waals surface area contributed by atoms with Crippen LogP contribution < -0.4 is 5.32 Å². The molecular weight excluding hydrogens is 316 g/mol. The molecule has 1 aliphatic carbocycles. The summed E-state index contributed by atoms with van der Waals surface area (Å²) >= 11 is 0. The van der Waals surface area contributed by atoms with Crippen LogP contribution in [0.5, 0.6) is 0 Å². The van der Waals surface area contributed by atoms with Crippen LogP contribution in [0.4, 0.5) is 0 Å². The third-order valence-corrected chi connectivity index (χ3v) is 4.52. The summed E-state index contributed by atoms with van der Waals surface area (Å²) in [7, 11) is 5.67. The van der Waals surface area contributed by atoms with Crippen molar-refractivity contribution >= 4 is 6.34 Å². The molecule has 0 amide bonds. The van der Waals surface area contributed by atoms with E-state index in [1.54, 1.807) is 11.4 Å². The van der Waals surface area contributed by atoms with Crippen molar-refractivity contribution in [2.24, 2.45) is 16.3 Å². The van der Waals surface area contributed by atoms with Gasteiger partial charge >= 0.3 is 0 Å². The average molecular weight is 346 g/mol. The Balaban J connectivity index is 1.78. The van der Waals surface area contributed by atoms with E-state index in [0.29, 0.717) is 12.6 Å². The molecule has 0 aromatic heterocycles. The van der Waals surface area contributed by atoms with E-state index >= 15 is 0 Å². The fourth-order valence-corrected chi connectivity index (χ4v) is 2.59. The topological polar surface area (TPSA) is 49.3 Å². The Kier molecular flexibility index (Phi) is 6.79. The highest BCUT2D eigenvalue weighted by molar-refractivity contribution is 5.57. The molecule has 1 saturated carbocycles. The molecule has 6 heteroatoms. The third kappa shape index (κ3) is 5.98. The smallest absolute Gasteiger partial charge is 0.120 e. The number of hydrogen-bond donors (Lipinski definition) is 1. The normalized spacial score (nSPS) is 26.3. The zero-order valence-corrected chi connectivity index (χ0v) is 16.0. The van der Waals surface area contributed by atoms with Gasteiger partial charge in [0.15, 0.2) is 0 Å². The molecular formula is C19H30N4O2. The summed E-state index contributed by atoms with van der Waals surface area (Å²) in [5.74, 6) is 7.14. The summed E-state index contributed by atoms with van der Waals surface area (Å²) in [6.45, 7) is 10.1. The molecule has 1 aliphatic heterocycles. The molecule has 2 fully saturated rings. The zero-order valence-electron chi connectivity index (χ0n) is 16.0. The number of allylic oxidation sites excluding steroid dienone is 3. The molecule has 138 valence electrons. The molecule has 0 spiro atoms. The van der Waals surface area contributed by atoms with Crippen LogP contribution in [-0.2, 0) is 9.57 Å². The van der Waals surface area contributed by atoms with Gasteiger partial charge in [-0.25, -0.2) is 4.99 Å². The summed E-state index contributed by atoms with van der Waals surface area (Å²) in [5, 5.41) is 4.90. The molecule has 0 bridgehead atoms. The second-order valence-electron chi connectivity index (χ2n) is 7.01. The van der Waals surface area contributed by atoms with E-state index in [-0.39, 0.29) is 11.6 Å². The third-order valence-electron chi connectivity index (χ3n) is 4.52. The van der Waals surface area contributed by atoms with Gasteiger partial charge in [-0.3, -0.25) is 10.2 Å². The SMILES string of the molecule is C=C(C#CC12COCC1C2)/C=C(\C)N=CN(C)C(C)NCON(C)C. The molecule has 2 aliphatic rings. The summed E-state index contributed by atoms with van der Waals surface area (Å²) in [6.07, 6.45) is 4.98. The number of ether oxygens (including phenoxy) is 1. The van der Waals surface area contributed by atoms with Crippen molar-refractivity contribution < 1.29 is 9.57 Å². The fraction of sp³-hybridized carbons (Fsp3) is 0.632. The van der Waals surface area contributed by atoms with E-state index in [0.717, 1.165) is 24.5 Å². The van der Waals surface area contributed by atoms with Gasteiger partial charge in [0.05, 0.1) is 31.1 Å². The van der Waals surface area contributed by atoms with Crippen molar-refractivity contribution in [3.8, 4) is 11.8 Å². The van der Waals surface area contributed by atoms with Gasteiger partial charge in [-0.1, -0.05) is 18.4 Å². The molecule has 1 N–H and O–H groups in total. The molecule has 3 atom stereocenters. The molecule has 0 aromatic carbocycles. The molecule has 0 radical (unpaired) electrons. The van der Waals surface area contributed by atoms with Gasteiger partial charge in [0.25, 0.3) is 0 Å². The number of hydrogen-bond acceptors (Lipinski definition) is 5. The molecule has 25 heavy (non-hydrogen) atoms. The van der Waals surface area contributed by atoms with E-state index in [2.05, 4.69) is 28.7 Å². The average Bonchev–Trinajstić information content (AvgIpc) is 3.10. The number of hydroxylamine groups is 2. The van der Waals surface area contributed by atoms with Crippen LogP contribution in [0.1, 0.15) is 20.3 Å². The Hall–Kier alpha value is -1.65. The standard InChI is InChI=1S/C19H30N4O2/c1-15(7-8-19-10-18(19)11-24-12-19)9-16(2)20-13-23(6)17(3)21-14-25-22(4)5/h9,13,17-18,21H,1,10-12,14H2,2-6H3/b16-9+,20-13?. The van der Waals surface area contributed by atoms with E-state index < -0.39 is 0 Å². The molecule has 1 saturated heterocycles. The zero-order chi connectivity index (χ0) is 18.4. The van der Waals surface area contributed by atoms with Gasteiger partial charge in [-0.05, 0) is 26.3 Å². The Morgan fingerprint density at radius 2 is 2.28 bits per heavy atom. The molecule has 0 aromatic rings. The maximum atomic E-state index is 5.46. The Morgan fingerprint density at radius 3 is 2.88 bits per heavy atom. The lowest BCUT2D eigenvalue weighted by molar-refractivity contribution is -0.130. The predicted octanol–water partition coefficient (Wildman–Crippen LogP) is 1.83. The molecule has 2 rings (SSSR count). The monoisotopic (exact) mass is 346 g/mol. The highest BCUT2D eigenvalue weighted by Gasteiger charge is 2.57. The van der Waals surface area contributed by atoms with Crippen molar-refractivity contribution in [2.45, 2.75) is 26.4 Å². The van der Waals surface area contributed by atoms with Crippen molar-refractivity contribution in [1.82, 2.24) is 15.3 Å². The lowest BCUT2D eigenvalue weighted by atomic mass is 10.1. The van der Waals surface area contributed by atoms with Gasteiger partial charge in [0.1, 0.15) is 6.73 Å². The largest absolute Gasteiger partial charge is 0.380 e. The highest BCUT2D eigenvalue weighted by atomic mass is 16.7. The van der Waals surface area contributed by atoms with Gasteiger partial charge in [-0.15, -0.1) is 0 Å². The lowest BCUT2D eigenvalue weighted by Crippen LogP contribution is -2.42. The lowest BCUT2D eigenvalue weighted by Gasteiger charge is -2.24. The number of nitrogens with zero attached hydrogens (tertiary/aromatic N) is 3. The summed E-state index contributed by atoms with van der Waals surface area (Å²) in [6, 6.07) is 0. The molecule has 1 heterocycles. The quantitative estimate of drug-likeness (QED) is 0.181. The Bertz CT molecular complexity index is 602. The van der Waals surface area contributed by atoms with Crippen LogP contribution in [0, 0.1) is 23.2 Å². The first-order valence-corrected chi connectivity index (χ1v) is 8.60. The Labute approximate surface area is 151 Å². The number of nitrogens with one attached hydrogen (secondary N) is 1. The summed E-state index contributed by atoms with van der Waals surface area (Å²) in [5.41, 5.74) is 1.77. The summed E-state index contributed by atoms with van der Waals surface area (Å²) < 4.78 is 5.46. The van der Waals surface area contributed by atoms with Gasteiger partial charge in [-0.2, -0.15) is 5.06 Å². The maximum absolute atomic E-state index is 5.46. The fourth-order valence-electron chi connectivity index (χ4n) is 2.59. The van der Waals surface area contributed by atoms with Crippen molar-refractivity contribution in [2.75, 3.05) is 41.1 Å². The first kappa shape index (κ1) is 19.7. The second kappa shape index (κ2) is 8.63. The molecule has 6 nitrogen and oxygen atoms in total. The number of fused-ring (bicyclic) bond motifs is 1. The van der Waals surface area contributed by atoms with Gasteiger partial charge in [0, 0.05) is 38.3 Å². The van der Waals surface area contributed by atoms with Crippen LogP contribution >= 0.6 is 0 Å². The van der Waals surface area contributed by atoms with Crippen molar-refractivity contribution in [3.63, 3.8) is 0 Å². The predicted molar refractivity (Wildman–Crippen MR) is 101 cm³/mol. The minimum Gasteiger partial charge on any atom is -0.380 e. The first-order chi connectivity index (χ1) is 11.8. The van der Waals surface area contributed by atoms with Crippen LogP contribution in [-0.4, -0.2) is 63.6 Å². The van der Waals surface area contributed by atoms with Crippen LogP contribution in [0.3, 0.4) is 0 Å². The minimum absolute atomic E-state index is 0.104. The van der Waals surface area contributed by atoms with Crippen molar-refractivity contribution in [3.05, 3.63) is 23.9 Å². The van der Waals surface area contributed by atoms with Crippen LogP contribution in [0.15, 0.2) is 28.9 Å². The van der Waals surface area contributed by atoms with E-state index in [9.17, 15) is 0 Å². The highest BCUT2D eigenvalue weighted by Crippen LogP contribution is 2.56. The van der Waals surface area contributed by atoms with Crippen LogP contribution in [0.2, 0.25) is 0 Å². The first-order valence-electron chi connectivity index (χ1n) is 8.60. The second-order valence-corrected chi connectivity index (χ2v) is 7.01. The Morgan fingerprint density at radius 1 is 1.52 bits per heavy atom. The van der Waals surface area contributed by atoms with E-state index in [1.807, 2.05) is 46.0 Å². The minimum atomic E-state index is 0.104. The van der Waals surface area contributed by atoms with E-state index in [4.69, 9.17) is 9.57 Å². The van der Waals surface area contributed by atoms with Gasteiger partial charge < -0.3 is 9.64 Å². The summed E-state index contributed by atoms with van der Waals surface area (Å²) in [4.78, 5) is 11.8. The number of rotatable bonds is 8. The van der Waals surface area contributed by atoms with Crippen LogP contribution in [0.25, 0.3) is 0 Å². The maximum Gasteiger partial charge on any atom is 0.120 e. The number of aliphatic imine (C=N–C) groups is 1. The van der Waals surface area contributed by atoms with E-state index in [1.165, 1.54) is 6.42 Å². The van der Waals surface area contributed by atoms with Gasteiger partial charge in [0.2, 0.25) is 0 Å².